The molecule has 2 fully saturated rings. The van der Waals surface area contributed by atoms with Gasteiger partial charge in [0.25, 0.3) is 5.91 Å². The first-order valence-corrected chi connectivity index (χ1v) is 10.5. The number of ether oxygens (including phenoxy) is 2. The Balaban J connectivity index is 1.54. The van der Waals surface area contributed by atoms with E-state index in [1.165, 1.54) is 37.1 Å². The zero-order chi connectivity index (χ0) is 22.2. The van der Waals surface area contributed by atoms with Gasteiger partial charge in [-0.05, 0) is 42.8 Å². The number of hydrogen-bond donors (Lipinski definition) is 1. The topological polar surface area (TPSA) is 67.9 Å². The highest BCUT2D eigenvalue weighted by molar-refractivity contribution is 8.01. The van der Waals surface area contributed by atoms with Gasteiger partial charge in [-0.2, -0.15) is 13.2 Å². The summed E-state index contributed by atoms with van der Waals surface area (Å²) in [6, 6.07) is 9.02. The predicted octanol–water partition coefficient (Wildman–Crippen LogP) is 4.51. The van der Waals surface area contributed by atoms with Crippen molar-refractivity contribution in [2.75, 3.05) is 24.7 Å². The number of rotatable bonds is 5. The van der Waals surface area contributed by atoms with Gasteiger partial charge >= 0.3 is 6.18 Å². The van der Waals surface area contributed by atoms with Crippen LogP contribution in [0, 0.1) is 0 Å². The summed E-state index contributed by atoms with van der Waals surface area (Å²) in [4.78, 5) is 25.9. The molecule has 2 saturated heterocycles. The Bertz CT molecular complexity index is 1010. The highest BCUT2D eigenvalue weighted by Crippen LogP contribution is 2.46. The van der Waals surface area contributed by atoms with Crippen molar-refractivity contribution in [2.24, 2.45) is 0 Å². The number of benzene rings is 2. The number of thioether (sulfide) groups is 1. The molecule has 0 aromatic heterocycles. The average molecular weight is 452 g/mol. The molecule has 1 unspecified atom stereocenters. The highest BCUT2D eigenvalue weighted by Gasteiger charge is 2.54. The number of amides is 2. The smallest absolute Gasteiger partial charge is 0.416 e. The Morgan fingerprint density at radius 3 is 2.55 bits per heavy atom. The predicted molar refractivity (Wildman–Crippen MR) is 109 cm³/mol. The molecule has 0 bridgehead atoms. The van der Waals surface area contributed by atoms with Gasteiger partial charge in [0.15, 0.2) is 4.87 Å². The summed E-state index contributed by atoms with van der Waals surface area (Å²) in [5, 5.41) is 2.83. The van der Waals surface area contributed by atoms with E-state index in [1.54, 1.807) is 17.0 Å². The van der Waals surface area contributed by atoms with E-state index in [2.05, 4.69) is 5.32 Å². The molecule has 6 nitrogen and oxygen atoms in total. The summed E-state index contributed by atoms with van der Waals surface area (Å²) in [6.45, 7) is 0.533. The minimum atomic E-state index is -4.43. The van der Waals surface area contributed by atoms with Crippen molar-refractivity contribution in [3.63, 3.8) is 0 Å². The largest absolute Gasteiger partial charge is 0.495 e. The van der Waals surface area contributed by atoms with Crippen LogP contribution in [-0.4, -0.2) is 41.0 Å². The molecule has 1 N–H and O–H groups in total. The highest BCUT2D eigenvalue weighted by atomic mass is 32.2. The molecule has 0 radical (unpaired) electrons. The lowest BCUT2D eigenvalue weighted by atomic mass is 10.1. The molecule has 164 valence electrons. The zero-order valence-corrected chi connectivity index (χ0v) is 17.3. The van der Waals surface area contributed by atoms with Crippen LogP contribution in [0.5, 0.6) is 17.2 Å². The molecule has 2 aromatic carbocycles. The van der Waals surface area contributed by atoms with Gasteiger partial charge in [-0.1, -0.05) is 0 Å². The van der Waals surface area contributed by atoms with Gasteiger partial charge in [0, 0.05) is 24.8 Å². The summed E-state index contributed by atoms with van der Waals surface area (Å²) < 4.78 is 49.1. The molecule has 1 atom stereocenters. The summed E-state index contributed by atoms with van der Waals surface area (Å²) in [5.41, 5.74) is -0.426. The first-order chi connectivity index (χ1) is 14.7. The fourth-order valence-corrected chi connectivity index (χ4v) is 5.12. The maximum atomic E-state index is 13.1. The maximum Gasteiger partial charge on any atom is 0.416 e. The molecule has 10 heteroatoms. The third-order valence-electron chi connectivity index (χ3n) is 5.26. The summed E-state index contributed by atoms with van der Waals surface area (Å²) in [7, 11) is 1.45. The number of alkyl halides is 3. The molecule has 2 aliphatic heterocycles. The lowest BCUT2D eigenvalue weighted by Crippen LogP contribution is -2.48. The van der Waals surface area contributed by atoms with E-state index >= 15 is 0 Å². The molecule has 0 saturated carbocycles. The van der Waals surface area contributed by atoms with E-state index < -0.39 is 16.6 Å². The molecule has 2 heterocycles. The van der Waals surface area contributed by atoms with Crippen LogP contribution in [-0.2, 0) is 15.8 Å². The Morgan fingerprint density at radius 2 is 1.87 bits per heavy atom. The number of hydrogen-bond acceptors (Lipinski definition) is 5. The number of nitrogens with zero attached hydrogens (tertiary/aromatic N) is 1. The number of halogens is 3. The van der Waals surface area contributed by atoms with Crippen molar-refractivity contribution in [1.29, 1.82) is 0 Å². The minimum Gasteiger partial charge on any atom is -0.495 e. The lowest BCUT2D eigenvalue weighted by Gasteiger charge is -2.29. The van der Waals surface area contributed by atoms with Gasteiger partial charge in [0.05, 0.1) is 18.4 Å². The van der Waals surface area contributed by atoms with Crippen LogP contribution in [0.3, 0.4) is 0 Å². The number of fused-ring (bicyclic) bond motifs is 1. The first-order valence-electron chi connectivity index (χ1n) is 9.52. The summed E-state index contributed by atoms with van der Waals surface area (Å²) in [6.07, 6.45) is -3.66. The van der Waals surface area contributed by atoms with E-state index in [-0.39, 0.29) is 17.6 Å². The molecule has 4 rings (SSSR count). The lowest BCUT2D eigenvalue weighted by molar-refractivity contribution is -0.137. The van der Waals surface area contributed by atoms with Crippen molar-refractivity contribution in [1.82, 2.24) is 4.90 Å². The average Bonchev–Trinajstić information content (AvgIpc) is 3.30. The third-order valence-corrected chi connectivity index (χ3v) is 6.74. The first kappa shape index (κ1) is 21.4. The monoisotopic (exact) mass is 452 g/mol. The van der Waals surface area contributed by atoms with E-state index in [9.17, 15) is 22.8 Å². The number of methoxy groups -OCH3 is 1. The van der Waals surface area contributed by atoms with Gasteiger partial charge in [0.1, 0.15) is 17.2 Å². The van der Waals surface area contributed by atoms with Gasteiger partial charge in [-0.3, -0.25) is 9.59 Å². The molecule has 0 spiro atoms. The minimum absolute atomic E-state index is 0.0356. The fraction of sp³-hybridized carbons (Fsp3) is 0.333. The summed E-state index contributed by atoms with van der Waals surface area (Å²) >= 11 is 1.44. The van der Waals surface area contributed by atoms with Crippen LogP contribution in [0.15, 0.2) is 42.5 Å². The van der Waals surface area contributed by atoms with Crippen LogP contribution in [0.4, 0.5) is 18.9 Å². The molecular formula is C21H19F3N2O4S. The molecule has 0 aliphatic carbocycles. The Hall–Kier alpha value is -2.88. The second kappa shape index (κ2) is 7.99. The van der Waals surface area contributed by atoms with E-state index in [1.807, 2.05) is 0 Å². The van der Waals surface area contributed by atoms with Crippen LogP contribution in [0.2, 0.25) is 0 Å². The van der Waals surface area contributed by atoms with Gasteiger partial charge in [0.2, 0.25) is 5.91 Å². The van der Waals surface area contributed by atoms with Crippen LogP contribution in [0.1, 0.15) is 18.4 Å². The molecule has 31 heavy (non-hydrogen) atoms. The van der Waals surface area contributed by atoms with Crippen molar-refractivity contribution >= 4 is 29.3 Å². The second-order valence-corrected chi connectivity index (χ2v) is 8.49. The van der Waals surface area contributed by atoms with E-state index in [0.717, 1.165) is 12.1 Å². The molecule has 2 amide bonds. The van der Waals surface area contributed by atoms with Crippen molar-refractivity contribution in [2.45, 2.75) is 23.9 Å². The third kappa shape index (κ3) is 4.04. The van der Waals surface area contributed by atoms with Crippen LogP contribution in [0.25, 0.3) is 0 Å². The fourth-order valence-electron chi connectivity index (χ4n) is 3.73. The number of carbonyl (C=O) groups is 2. The molecule has 2 aromatic rings. The molecule has 2 aliphatic rings. The standard InChI is InChI=1S/C21H19F3N2O4S/c1-29-17-7-6-15(30-14-4-2-13(3-5-14)21(22,23)24)12-16(17)25-19(28)20-9-8-18(27)26(20)10-11-31-20/h2-7,12H,8-11H2,1H3,(H,25,28). The number of carbonyl (C=O) groups excluding carboxylic acids is 2. The van der Waals surface area contributed by atoms with Crippen LogP contribution < -0.4 is 14.8 Å². The zero-order valence-electron chi connectivity index (χ0n) is 16.5. The van der Waals surface area contributed by atoms with Gasteiger partial charge in [-0.25, -0.2) is 0 Å². The Kier molecular flexibility index (Phi) is 5.50. The second-order valence-electron chi connectivity index (χ2n) is 7.12. The van der Waals surface area contributed by atoms with Crippen molar-refractivity contribution in [3.8, 4) is 17.2 Å². The van der Waals surface area contributed by atoms with Crippen LogP contribution >= 0.6 is 11.8 Å². The Morgan fingerprint density at radius 1 is 1.16 bits per heavy atom. The number of anilines is 1. The summed E-state index contributed by atoms with van der Waals surface area (Å²) in [5.74, 6) is 1.26. The molecular weight excluding hydrogens is 433 g/mol. The number of nitrogens with one attached hydrogen (secondary N) is 1. The quantitative estimate of drug-likeness (QED) is 0.723. The van der Waals surface area contributed by atoms with E-state index in [4.69, 9.17) is 9.47 Å². The normalized spacial score (nSPS) is 20.5. The maximum absolute atomic E-state index is 13.1. The van der Waals surface area contributed by atoms with Crippen molar-refractivity contribution in [3.05, 3.63) is 48.0 Å². The van der Waals surface area contributed by atoms with Gasteiger partial charge in [-0.15, -0.1) is 11.8 Å². The SMILES string of the molecule is COc1ccc(Oc2ccc(C(F)(F)F)cc2)cc1NC(=O)C12CCC(=O)N1CCS2. The Labute approximate surface area is 180 Å². The van der Waals surface area contributed by atoms with E-state index in [0.29, 0.717) is 42.3 Å². The van der Waals surface area contributed by atoms with Gasteiger partial charge < -0.3 is 19.7 Å². The van der Waals surface area contributed by atoms with Crippen molar-refractivity contribution < 1.29 is 32.2 Å².